The number of anilines is 1. The third-order valence-electron chi connectivity index (χ3n) is 5.75. The van der Waals surface area contributed by atoms with Crippen molar-refractivity contribution in [1.29, 1.82) is 0 Å². The van der Waals surface area contributed by atoms with Crippen LogP contribution >= 0.6 is 11.3 Å². The molecule has 3 aromatic rings. The highest BCUT2D eigenvalue weighted by Crippen LogP contribution is 2.35. The summed E-state index contributed by atoms with van der Waals surface area (Å²) in [4.78, 5) is 32.3. The Hall–Kier alpha value is -2.71. The molecule has 30 heavy (non-hydrogen) atoms. The van der Waals surface area contributed by atoms with Gasteiger partial charge in [0, 0.05) is 5.39 Å². The van der Waals surface area contributed by atoms with Crippen LogP contribution in [-0.2, 0) is 11.3 Å². The summed E-state index contributed by atoms with van der Waals surface area (Å²) < 4.78 is 10.1. The summed E-state index contributed by atoms with van der Waals surface area (Å²) in [6.07, 6.45) is 6.43. The van der Waals surface area contributed by atoms with E-state index >= 15 is 0 Å². The van der Waals surface area contributed by atoms with E-state index in [2.05, 4.69) is 12.2 Å². The molecule has 2 unspecified atom stereocenters. The zero-order valence-corrected chi connectivity index (χ0v) is 18.0. The Morgan fingerprint density at radius 1 is 1.33 bits per heavy atom. The van der Waals surface area contributed by atoms with Crippen molar-refractivity contribution in [3.05, 3.63) is 46.9 Å². The fourth-order valence-electron chi connectivity index (χ4n) is 4.17. The minimum absolute atomic E-state index is 0.175. The van der Waals surface area contributed by atoms with Crippen molar-refractivity contribution in [3.8, 4) is 0 Å². The topological polar surface area (TPSA) is 85.9 Å². The van der Waals surface area contributed by atoms with Gasteiger partial charge in [-0.3, -0.25) is 4.79 Å². The Morgan fingerprint density at radius 2 is 2.20 bits per heavy atom. The molecule has 0 radical (unpaired) electrons. The highest BCUT2D eigenvalue weighted by Gasteiger charge is 2.26. The average molecular weight is 429 g/mol. The van der Waals surface area contributed by atoms with Crippen LogP contribution < -0.4 is 10.2 Å². The summed E-state index contributed by atoms with van der Waals surface area (Å²) in [7, 11) is 1.33. The Balaban J connectivity index is 1.65. The number of ether oxygens (including phenoxy) is 1. The van der Waals surface area contributed by atoms with Crippen molar-refractivity contribution < 1.29 is 23.6 Å². The molecule has 0 saturated carbocycles. The normalized spacial score (nSPS) is 19.0. The van der Waals surface area contributed by atoms with Gasteiger partial charge >= 0.3 is 5.97 Å². The van der Waals surface area contributed by atoms with Gasteiger partial charge in [-0.05, 0) is 49.9 Å². The van der Waals surface area contributed by atoms with E-state index in [1.807, 2.05) is 12.1 Å². The zero-order chi connectivity index (χ0) is 21.1. The van der Waals surface area contributed by atoms with E-state index in [0.717, 1.165) is 17.6 Å². The van der Waals surface area contributed by atoms with E-state index in [9.17, 15) is 9.59 Å². The lowest BCUT2D eigenvalue weighted by Crippen LogP contribution is -3.15. The van der Waals surface area contributed by atoms with Gasteiger partial charge in [0.25, 0.3) is 5.91 Å². The number of carbonyl (C=O) groups excluding carboxylic acids is 2. The van der Waals surface area contributed by atoms with Gasteiger partial charge in [-0.25, -0.2) is 9.78 Å². The zero-order valence-electron chi connectivity index (χ0n) is 17.2. The number of nitrogens with one attached hydrogen (secondary N) is 2. The predicted octanol–water partition coefficient (Wildman–Crippen LogP) is 3.28. The minimum atomic E-state index is -0.498. The first kappa shape index (κ1) is 20.6. The first-order valence-electron chi connectivity index (χ1n) is 10.3. The molecule has 4 rings (SSSR count). The number of hydrogen-bond acceptors (Lipinski definition) is 6. The number of fused-ring (bicyclic) bond motifs is 1. The molecule has 3 aromatic heterocycles. The van der Waals surface area contributed by atoms with Crippen LogP contribution in [0.2, 0.25) is 0 Å². The van der Waals surface area contributed by atoms with E-state index < -0.39 is 11.9 Å². The van der Waals surface area contributed by atoms with Crippen LogP contribution in [0.25, 0.3) is 10.2 Å². The highest BCUT2D eigenvalue weighted by atomic mass is 32.1. The summed E-state index contributed by atoms with van der Waals surface area (Å²) >= 11 is 1.24. The monoisotopic (exact) mass is 428 g/mol. The molecule has 158 valence electrons. The van der Waals surface area contributed by atoms with Crippen molar-refractivity contribution in [2.24, 2.45) is 0 Å². The maximum absolute atomic E-state index is 12.5. The molecular weight excluding hydrogens is 402 g/mol. The summed E-state index contributed by atoms with van der Waals surface area (Å²) in [5.41, 5.74) is 1.42. The number of esters is 1. The Morgan fingerprint density at radius 3 is 2.93 bits per heavy atom. The van der Waals surface area contributed by atoms with Crippen LogP contribution in [0.15, 0.2) is 34.9 Å². The van der Waals surface area contributed by atoms with E-state index in [1.165, 1.54) is 56.9 Å². The van der Waals surface area contributed by atoms with Crippen LogP contribution in [0.4, 0.5) is 5.69 Å². The van der Waals surface area contributed by atoms with Gasteiger partial charge in [-0.1, -0.05) is 6.92 Å². The second kappa shape index (κ2) is 8.97. The SMILES string of the molecule is CCC1CCCC[NH+]1Cc1ccc2c(NC(=O)c3ccco3)c(C(=O)OC)sc2n1. The lowest BCUT2D eigenvalue weighted by atomic mass is 10.00. The number of likely N-dealkylation sites (tertiary alicyclic amines) is 1. The molecule has 2 atom stereocenters. The number of methoxy groups -OCH3 is 1. The fraction of sp³-hybridized carbons (Fsp3) is 0.409. The molecular formula is C22H26N3O4S+. The third kappa shape index (κ3) is 4.11. The van der Waals surface area contributed by atoms with Crippen molar-refractivity contribution in [2.75, 3.05) is 19.0 Å². The molecule has 1 amide bonds. The molecule has 1 aliphatic rings. The van der Waals surface area contributed by atoms with E-state index in [4.69, 9.17) is 14.1 Å². The quantitative estimate of drug-likeness (QED) is 0.589. The second-order valence-electron chi connectivity index (χ2n) is 7.57. The number of rotatable bonds is 6. The standard InChI is InChI=1S/C22H25N3O4S/c1-3-15-7-4-5-11-25(15)13-14-9-10-16-18(24-20(26)17-8-6-12-29-17)19(22(27)28-2)30-21(16)23-14/h6,8-10,12,15H,3-5,7,11,13H2,1-2H3,(H,24,26)/p+1. The maximum Gasteiger partial charge on any atom is 0.350 e. The van der Waals surface area contributed by atoms with Crippen molar-refractivity contribution in [1.82, 2.24) is 4.98 Å². The largest absolute Gasteiger partial charge is 0.465 e. The van der Waals surface area contributed by atoms with Gasteiger partial charge in [-0.15, -0.1) is 11.3 Å². The fourth-order valence-corrected chi connectivity index (χ4v) is 5.23. The molecule has 7 nitrogen and oxygen atoms in total. The minimum Gasteiger partial charge on any atom is -0.465 e. The van der Waals surface area contributed by atoms with Gasteiger partial charge in [-0.2, -0.15) is 0 Å². The Bertz CT molecular complexity index is 1040. The number of quaternary nitrogens is 1. The van der Waals surface area contributed by atoms with Gasteiger partial charge in [0.1, 0.15) is 16.3 Å². The van der Waals surface area contributed by atoms with E-state index in [0.29, 0.717) is 21.4 Å². The molecule has 1 fully saturated rings. The summed E-state index contributed by atoms with van der Waals surface area (Å²) in [5, 5.41) is 3.53. The van der Waals surface area contributed by atoms with Crippen LogP contribution in [0.1, 0.15) is 58.5 Å². The smallest absolute Gasteiger partial charge is 0.350 e. The first-order chi connectivity index (χ1) is 14.6. The van der Waals surface area contributed by atoms with Gasteiger partial charge in [0.15, 0.2) is 5.76 Å². The summed E-state index contributed by atoms with van der Waals surface area (Å²) in [6.45, 7) is 4.29. The lowest BCUT2D eigenvalue weighted by molar-refractivity contribution is -0.944. The molecule has 0 bridgehead atoms. The first-order valence-corrected chi connectivity index (χ1v) is 11.1. The summed E-state index contributed by atoms with van der Waals surface area (Å²) in [5.74, 6) is -0.742. The van der Waals surface area contributed by atoms with Gasteiger partial charge in [0.05, 0.1) is 37.3 Å². The second-order valence-corrected chi connectivity index (χ2v) is 8.57. The number of amides is 1. The number of pyridine rings is 1. The highest BCUT2D eigenvalue weighted by molar-refractivity contribution is 7.21. The number of piperidine rings is 1. The molecule has 0 spiro atoms. The molecule has 1 aliphatic heterocycles. The molecule has 4 heterocycles. The molecule has 2 N–H and O–H groups in total. The summed E-state index contributed by atoms with van der Waals surface area (Å²) in [6, 6.07) is 7.81. The van der Waals surface area contributed by atoms with E-state index in [-0.39, 0.29) is 5.76 Å². The number of aromatic nitrogens is 1. The van der Waals surface area contributed by atoms with Crippen LogP contribution in [0.5, 0.6) is 0 Å². The van der Waals surface area contributed by atoms with Crippen molar-refractivity contribution >= 4 is 39.1 Å². The number of nitrogens with zero attached hydrogens (tertiary/aromatic N) is 1. The van der Waals surface area contributed by atoms with Crippen LogP contribution in [0, 0.1) is 0 Å². The predicted molar refractivity (Wildman–Crippen MR) is 115 cm³/mol. The van der Waals surface area contributed by atoms with Gasteiger partial charge < -0.3 is 19.4 Å². The van der Waals surface area contributed by atoms with Crippen LogP contribution in [0.3, 0.4) is 0 Å². The molecule has 8 heteroatoms. The lowest BCUT2D eigenvalue weighted by Gasteiger charge is -2.31. The van der Waals surface area contributed by atoms with Crippen molar-refractivity contribution in [2.45, 2.75) is 45.2 Å². The Labute approximate surface area is 179 Å². The Kier molecular flexibility index (Phi) is 6.15. The number of thiophene rings is 1. The molecule has 0 aromatic carbocycles. The van der Waals surface area contributed by atoms with E-state index in [1.54, 1.807) is 17.0 Å². The third-order valence-corrected chi connectivity index (χ3v) is 6.83. The van der Waals surface area contributed by atoms with Gasteiger partial charge in [0.2, 0.25) is 0 Å². The number of hydrogen-bond donors (Lipinski definition) is 2. The molecule has 1 saturated heterocycles. The number of furan rings is 1. The average Bonchev–Trinajstić information content (AvgIpc) is 3.42. The van der Waals surface area contributed by atoms with Crippen LogP contribution in [-0.4, -0.2) is 36.6 Å². The molecule has 0 aliphatic carbocycles. The maximum atomic E-state index is 12.5. The van der Waals surface area contributed by atoms with Crippen molar-refractivity contribution in [3.63, 3.8) is 0 Å². The number of carbonyl (C=O) groups is 2.